The lowest BCUT2D eigenvalue weighted by atomic mass is 9.88. The normalized spacial score (nSPS) is 14.1. The predicted octanol–water partition coefficient (Wildman–Crippen LogP) is 2.42. The average Bonchev–Trinajstić information content (AvgIpc) is 2.37. The molecular formula is C16H24N2O3. The quantitative estimate of drug-likeness (QED) is 0.780. The van der Waals surface area contributed by atoms with Crippen molar-refractivity contribution in [3.05, 3.63) is 35.9 Å². The number of amides is 2. The van der Waals surface area contributed by atoms with Crippen LogP contribution in [0.5, 0.6) is 0 Å². The minimum Gasteiger partial charge on any atom is -0.480 e. The van der Waals surface area contributed by atoms with Crippen LogP contribution in [0.2, 0.25) is 0 Å². The highest BCUT2D eigenvalue weighted by Gasteiger charge is 2.25. The third-order valence-electron chi connectivity index (χ3n) is 3.53. The van der Waals surface area contributed by atoms with Crippen molar-refractivity contribution in [1.29, 1.82) is 0 Å². The largest absolute Gasteiger partial charge is 0.480 e. The molecule has 1 rings (SSSR count). The monoisotopic (exact) mass is 292 g/mol. The predicted molar refractivity (Wildman–Crippen MR) is 82.2 cm³/mol. The molecule has 0 saturated carbocycles. The number of rotatable bonds is 5. The summed E-state index contributed by atoms with van der Waals surface area (Å²) in [7, 11) is 0. The maximum absolute atomic E-state index is 11.9. The van der Waals surface area contributed by atoms with Gasteiger partial charge in [-0.3, -0.25) is 0 Å². The Labute approximate surface area is 125 Å². The van der Waals surface area contributed by atoms with E-state index in [0.29, 0.717) is 0 Å². The fourth-order valence-corrected chi connectivity index (χ4v) is 1.66. The summed E-state index contributed by atoms with van der Waals surface area (Å²) in [6.45, 7) is 7.93. The number of hydrogen-bond acceptors (Lipinski definition) is 2. The van der Waals surface area contributed by atoms with Gasteiger partial charge in [0.15, 0.2) is 0 Å². The molecule has 0 heterocycles. The molecule has 0 saturated heterocycles. The summed E-state index contributed by atoms with van der Waals surface area (Å²) < 4.78 is 0. The standard InChI is InChI=1S/C16H24N2O3/c1-11(16(2,3)4)17-15(21)18-13(14(19)20)10-12-8-6-5-7-9-12/h5-9,11,13H,10H2,1-4H3,(H,19,20)(H2,17,18,21)/t11?,13-/m0/s1. The maximum Gasteiger partial charge on any atom is 0.326 e. The number of carboxylic acid groups (broad SMARTS) is 1. The van der Waals surface area contributed by atoms with Crippen LogP contribution in [-0.4, -0.2) is 29.2 Å². The maximum atomic E-state index is 11.9. The van der Waals surface area contributed by atoms with E-state index in [0.717, 1.165) is 5.56 Å². The van der Waals surface area contributed by atoms with Crippen molar-refractivity contribution in [2.75, 3.05) is 0 Å². The van der Waals surface area contributed by atoms with Crippen molar-refractivity contribution >= 4 is 12.0 Å². The van der Waals surface area contributed by atoms with E-state index >= 15 is 0 Å². The molecule has 1 aromatic rings. The van der Waals surface area contributed by atoms with Gasteiger partial charge in [0.25, 0.3) is 0 Å². The number of carbonyl (C=O) groups excluding carboxylic acids is 1. The van der Waals surface area contributed by atoms with E-state index in [2.05, 4.69) is 10.6 Å². The molecule has 3 N–H and O–H groups in total. The van der Waals surface area contributed by atoms with E-state index < -0.39 is 18.0 Å². The van der Waals surface area contributed by atoms with Gasteiger partial charge in [-0.05, 0) is 17.9 Å². The van der Waals surface area contributed by atoms with Gasteiger partial charge < -0.3 is 15.7 Å². The van der Waals surface area contributed by atoms with E-state index in [1.165, 1.54) is 0 Å². The second kappa shape index (κ2) is 7.11. The first-order valence-electron chi connectivity index (χ1n) is 7.04. The van der Waals surface area contributed by atoms with E-state index in [-0.39, 0.29) is 17.9 Å². The number of benzene rings is 1. The zero-order valence-electron chi connectivity index (χ0n) is 13.0. The van der Waals surface area contributed by atoms with Crippen molar-refractivity contribution in [2.45, 2.75) is 46.2 Å². The Balaban J connectivity index is 2.63. The molecule has 0 aromatic heterocycles. The first-order valence-corrected chi connectivity index (χ1v) is 7.04. The SMILES string of the molecule is CC(NC(=O)N[C@@H](Cc1ccccc1)C(=O)O)C(C)(C)C. The van der Waals surface area contributed by atoms with Crippen LogP contribution >= 0.6 is 0 Å². The number of hydrogen-bond donors (Lipinski definition) is 3. The fraction of sp³-hybridized carbons (Fsp3) is 0.500. The molecule has 5 heteroatoms. The average molecular weight is 292 g/mol. The van der Waals surface area contributed by atoms with E-state index in [1.807, 2.05) is 58.0 Å². The highest BCUT2D eigenvalue weighted by molar-refractivity contribution is 5.82. The Morgan fingerprint density at radius 1 is 1.14 bits per heavy atom. The highest BCUT2D eigenvalue weighted by atomic mass is 16.4. The van der Waals surface area contributed by atoms with Crippen LogP contribution in [0.3, 0.4) is 0 Å². The van der Waals surface area contributed by atoms with Gasteiger partial charge in [0.05, 0.1) is 0 Å². The fourth-order valence-electron chi connectivity index (χ4n) is 1.66. The van der Waals surface area contributed by atoms with E-state index in [4.69, 9.17) is 0 Å². The molecule has 0 fully saturated rings. The number of carbonyl (C=O) groups is 2. The summed E-state index contributed by atoms with van der Waals surface area (Å²) in [5.74, 6) is -1.04. The minimum absolute atomic E-state index is 0.0660. The second-order valence-corrected chi connectivity index (χ2v) is 6.29. The van der Waals surface area contributed by atoms with E-state index in [9.17, 15) is 14.7 Å². The summed E-state index contributed by atoms with van der Waals surface area (Å²) >= 11 is 0. The Hall–Kier alpha value is -2.04. The molecule has 0 radical (unpaired) electrons. The molecule has 0 aliphatic carbocycles. The lowest BCUT2D eigenvalue weighted by Crippen LogP contribution is -2.51. The zero-order valence-corrected chi connectivity index (χ0v) is 13.0. The molecular weight excluding hydrogens is 268 g/mol. The molecule has 21 heavy (non-hydrogen) atoms. The van der Waals surface area contributed by atoms with Crippen LogP contribution < -0.4 is 10.6 Å². The van der Waals surface area contributed by atoms with Crippen LogP contribution in [0.4, 0.5) is 4.79 Å². The van der Waals surface area contributed by atoms with Gasteiger partial charge in [0.2, 0.25) is 0 Å². The van der Waals surface area contributed by atoms with Crippen molar-refractivity contribution < 1.29 is 14.7 Å². The van der Waals surface area contributed by atoms with Crippen LogP contribution in [-0.2, 0) is 11.2 Å². The van der Waals surface area contributed by atoms with Crippen molar-refractivity contribution in [3.8, 4) is 0 Å². The van der Waals surface area contributed by atoms with Gasteiger partial charge in [-0.2, -0.15) is 0 Å². The van der Waals surface area contributed by atoms with Crippen molar-refractivity contribution in [3.63, 3.8) is 0 Å². The highest BCUT2D eigenvalue weighted by Crippen LogP contribution is 2.18. The van der Waals surface area contributed by atoms with Gasteiger partial charge in [0.1, 0.15) is 6.04 Å². The summed E-state index contributed by atoms with van der Waals surface area (Å²) in [5, 5.41) is 14.5. The Morgan fingerprint density at radius 3 is 2.19 bits per heavy atom. The second-order valence-electron chi connectivity index (χ2n) is 6.29. The molecule has 5 nitrogen and oxygen atoms in total. The number of carboxylic acids is 1. The Kier molecular flexibility index (Phi) is 5.76. The first-order chi connectivity index (χ1) is 9.70. The third-order valence-corrected chi connectivity index (χ3v) is 3.53. The van der Waals surface area contributed by atoms with E-state index in [1.54, 1.807) is 0 Å². The molecule has 0 bridgehead atoms. The van der Waals surface area contributed by atoms with Gasteiger partial charge in [-0.15, -0.1) is 0 Å². The zero-order chi connectivity index (χ0) is 16.0. The van der Waals surface area contributed by atoms with Crippen LogP contribution in [0.25, 0.3) is 0 Å². The van der Waals surface area contributed by atoms with Crippen LogP contribution in [0.15, 0.2) is 30.3 Å². The molecule has 1 unspecified atom stereocenters. The Morgan fingerprint density at radius 2 is 1.71 bits per heavy atom. The summed E-state index contributed by atoms with van der Waals surface area (Å²) in [4.78, 5) is 23.2. The summed E-state index contributed by atoms with van der Waals surface area (Å²) in [5.41, 5.74) is 0.782. The molecule has 2 amide bonds. The minimum atomic E-state index is -1.04. The topological polar surface area (TPSA) is 78.4 Å². The van der Waals surface area contributed by atoms with Crippen LogP contribution in [0, 0.1) is 5.41 Å². The first kappa shape index (κ1) is 17.0. The number of nitrogens with one attached hydrogen (secondary N) is 2. The Bertz CT molecular complexity index is 480. The summed E-state index contributed by atoms with van der Waals surface area (Å²) in [6, 6.07) is 7.76. The number of aliphatic carboxylic acids is 1. The lowest BCUT2D eigenvalue weighted by Gasteiger charge is -2.28. The summed E-state index contributed by atoms with van der Waals surface area (Å²) in [6.07, 6.45) is 0.257. The molecule has 2 atom stereocenters. The third kappa shape index (κ3) is 5.85. The number of urea groups is 1. The van der Waals surface area contributed by atoms with Crippen LogP contribution in [0.1, 0.15) is 33.3 Å². The van der Waals surface area contributed by atoms with Crippen molar-refractivity contribution in [1.82, 2.24) is 10.6 Å². The molecule has 1 aromatic carbocycles. The smallest absolute Gasteiger partial charge is 0.326 e. The van der Waals surface area contributed by atoms with Gasteiger partial charge in [-0.25, -0.2) is 9.59 Å². The molecule has 0 aliphatic heterocycles. The van der Waals surface area contributed by atoms with Gasteiger partial charge in [0, 0.05) is 12.5 Å². The van der Waals surface area contributed by atoms with Gasteiger partial charge >= 0.3 is 12.0 Å². The molecule has 0 spiro atoms. The lowest BCUT2D eigenvalue weighted by molar-refractivity contribution is -0.139. The van der Waals surface area contributed by atoms with Crippen molar-refractivity contribution in [2.24, 2.45) is 5.41 Å². The molecule has 0 aliphatic rings. The van der Waals surface area contributed by atoms with Gasteiger partial charge in [-0.1, -0.05) is 51.1 Å². The molecule has 116 valence electrons.